The highest BCUT2D eigenvalue weighted by Crippen LogP contribution is 2.17. The van der Waals surface area contributed by atoms with Gasteiger partial charge in [0.05, 0.1) is 24.0 Å². The van der Waals surface area contributed by atoms with Gasteiger partial charge in [-0.1, -0.05) is 41.9 Å². The molecular weight excluding hydrogens is 364 g/mol. The number of amides is 1. The molecule has 0 aliphatic rings. The van der Waals surface area contributed by atoms with E-state index in [4.69, 9.17) is 11.6 Å². The summed E-state index contributed by atoms with van der Waals surface area (Å²) in [4.78, 5) is 27.2. The Morgan fingerprint density at radius 2 is 1.93 bits per heavy atom. The molecule has 0 unspecified atom stereocenters. The van der Waals surface area contributed by atoms with Gasteiger partial charge in [-0.05, 0) is 23.8 Å². The topological polar surface area (TPSA) is 79.8 Å². The molecule has 0 atom stereocenters. The average molecular weight is 379 g/mol. The van der Waals surface area contributed by atoms with Gasteiger partial charge in [0, 0.05) is 28.2 Å². The van der Waals surface area contributed by atoms with E-state index in [2.05, 4.69) is 15.4 Å². The summed E-state index contributed by atoms with van der Waals surface area (Å²) in [7, 11) is 0. The Morgan fingerprint density at radius 3 is 2.74 bits per heavy atom. The number of hydrogen-bond acceptors (Lipinski definition) is 3. The van der Waals surface area contributed by atoms with E-state index in [0.717, 1.165) is 5.56 Å². The first kappa shape index (κ1) is 17.1. The molecule has 27 heavy (non-hydrogen) atoms. The van der Waals surface area contributed by atoms with Gasteiger partial charge in [-0.3, -0.25) is 14.3 Å². The molecule has 0 saturated heterocycles. The van der Waals surface area contributed by atoms with Crippen LogP contribution in [0.15, 0.2) is 71.8 Å². The molecule has 134 valence electrons. The van der Waals surface area contributed by atoms with Crippen molar-refractivity contribution in [1.29, 1.82) is 0 Å². The molecule has 0 spiro atoms. The summed E-state index contributed by atoms with van der Waals surface area (Å²) in [5, 5.41) is 8.42. The van der Waals surface area contributed by atoms with E-state index in [0.29, 0.717) is 33.7 Å². The summed E-state index contributed by atoms with van der Waals surface area (Å²) in [6.45, 7) is 0.557. The zero-order valence-corrected chi connectivity index (χ0v) is 14.9. The predicted octanol–water partition coefficient (Wildman–Crippen LogP) is 3.68. The van der Waals surface area contributed by atoms with Crippen molar-refractivity contribution in [1.82, 2.24) is 14.8 Å². The van der Waals surface area contributed by atoms with Crippen LogP contribution in [0.1, 0.15) is 15.9 Å². The molecule has 0 bridgehead atoms. The molecule has 2 aromatic heterocycles. The highest BCUT2D eigenvalue weighted by molar-refractivity contribution is 6.30. The number of benzene rings is 2. The fraction of sp³-hybridized carbons (Fsp3) is 0.0500. The third-order valence-electron chi connectivity index (χ3n) is 4.14. The lowest BCUT2D eigenvalue weighted by Gasteiger charge is -2.06. The Hall–Kier alpha value is -3.38. The largest absolute Gasteiger partial charge is 0.322 e. The minimum absolute atomic E-state index is 0.319. The van der Waals surface area contributed by atoms with Crippen LogP contribution in [0.4, 0.5) is 5.69 Å². The van der Waals surface area contributed by atoms with Gasteiger partial charge in [0.2, 0.25) is 5.56 Å². The van der Waals surface area contributed by atoms with E-state index in [1.54, 1.807) is 35.3 Å². The molecule has 2 aromatic carbocycles. The number of aromatic amines is 1. The van der Waals surface area contributed by atoms with E-state index < -0.39 is 0 Å². The summed E-state index contributed by atoms with van der Waals surface area (Å²) in [5.41, 5.74) is 2.21. The van der Waals surface area contributed by atoms with Crippen molar-refractivity contribution in [2.24, 2.45) is 0 Å². The fourth-order valence-electron chi connectivity index (χ4n) is 2.88. The van der Waals surface area contributed by atoms with E-state index >= 15 is 0 Å². The van der Waals surface area contributed by atoms with Gasteiger partial charge < -0.3 is 10.3 Å². The molecule has 7 heteroatoms. The maximum Gasteiger partial charge on any atom is 0.256 e. The van der Waals surface area contributed by atoms with Gasteiger partial charge >= 0.3 is 0 Å². The van der Waals surface area contributed by atoms with Gasteiger partial charge in [-0.25, -0.2) is 0 Å². The van der Waals surface area contributed by atoms with Gasteiger partial charge in [0.25, 0.3) is 5.91 Å². The molecule has 2 N–H and O–H groups in total. The highest BCUT2D eigenvalue weighted by Gasteiger charge is 2.13. The van der Waals surface area contributed by atoms with E-state index in [-0.39, 0.29) is 11.5 Å². The van der Waals surface area contributed by atoms with Gasteiger partial charge in [0.15, 0.2) is 0 Å². The third-order valence-corrected chi connectivity index (χ3v) is 4.40. The molecule has 0 fully saturated rings. The number of carbonyl (C=O) groups is 1. The number of halogens is 1. The number of para-hydroxylation sites is 1. The molecule has 4 rings (SSSR count). The van der Waals surface area contributed by atoms with Crippen LogP contribution in [-0.2, 0) is 6.54 Å². The van der Waals surface area contributed by atoms with Crippen molar-refractivity contribution in [3.05, 3.63) is 93.5 Å². The van der Waals surface area contributed by atoms with Crippen LogP contribution in [0.3, 0.4) is 0 Å². The molecule has 0 radical (unpaired) electrons. The first-order valence-electron chi connectivity index (χ1n) is 8.29. The van der Waals surface area contributed by atoms with Crippen molar-refractivity contribution in [2.45, 2.75) is 6.54 Å². The molecule has 1 amide bonds. The predicted molar refractivity (Wildman–Crippen MR) is 105 cm³/mol. The Kier molecular flexibility index (Phi) is 4.48. The third kappa shape index (κ3) is 3.75. The second-order valence-corrected chi connectivity index (χ2v) is 6.54. The summed E-state index contributed by atoms with van der Waals surface area (Å²) >= 11 is 5.89. The highest BCUT2D eigenvalue weighted by atomic mass is 35.5. The number of H-pyrrole nitrogens is 1. The second kappa shape index (κ2) is 7.09. The molecule has 0 aliphatic carbocycles. The number of hydrogen-bond donors (Lipinski definition) is 2. The Morgan fingerprint density at radius 1 is 1.15 bits per heavy atom. The van der Waals surface area contributed by atoms with Crippen LogP contribution in [0.5, 0.6) is 0 Å². The lowest BCUT2D eigenvalue weighted by Crippen LogP contribution is -2.16. The van der Waals surface area contributed by atoms with Crippen molar-refractivity contribution in [3.63, 3.8) is 0 Å². The van der Waals surface area contributed by atoms with Crippen LogP contribution in [0.25, 0.3) is 10.9 Å². The smallest absolute Gasteiger partial charge is 0.256 e. The maximum absolute atomic E-state index is 12.7. The first-order chi connectivity index (χ1) is 13.1. The summed E-state index contributed by atoms with van der Waals surface area (Å²) in [6.07, 6.45) is 3.31. The Balaban J connectivity index is 1.55. The Labute approximate surface area is 159 Å². The average Bonchev–Trinajstić information content (AvgIpc) is 3.09. The number of pyridine rings is 1. The summed E-state index contributed by atoms with van der Waals surface area (Å²) in [5.74, 6) is -0.358. The van der Waals surface area contributed by atoms with Crippen LogP contribution in [-0.4, -0.2) is 20.7 Å². The lowest BCUT2D eigenvalue weighted by molar-refractivity contribution is 0.102. The zero-order valence-electron chi connectivity index (χ0n) is 14.1. The molecule has 0 saturated carbocycles. The fourth-order valence-corrected chi connectivity index (χ4v) is 3.01. The maximum atomic E-state index is 12.7. The number of nitrogens with one attached hydrogen (secondary N) is 2. The van der Waals surface area contributed by atoms with Gasteiger partial charge in [-0.15, -0.1) is 0 Å². The quantitative estimate of drug-likeness (QED) is 0.568. The van der Waals surface area contributed by atoms with Crippen LogP contribution in [0.2, 0.25) is 5.02 Å². The molecule has 0 aliphatic heterocycles. The number of aromatic nitrogens is 3. The number of nitrogens with zero attached hydrogens (tertiary/aromatic N) is 2. The molecule has 4 aromatic rings. The number of anilines is 1. The summed E-state index contributed by atoms with van der Waals surface area (Å²) < 4.78 is 1.72. The lowest BCUT2D eigenvalue weighted by atomic mass is 10.1. The number of rotatable bonds is 4. The van der Waals surface area contributed by atoms with E-state index in [9.17, 15) is 9.59 Å². The van der Waals surface area contributed by atoms with E-state index in [1.807, 2.05) is 30.3 Å². The van der Waals surface area contributed by atoms with Gasteiger partial charge in [0.1, 0.15) is 0 Å². The Bertz CT molecular complexity index is 1180. The van der Waals surface area contributed by atoms with Crippen molar-refractivity contribution in [2.75, 3.05) is 5.32 Å². The number of fused-ring (bicyclic) bond motifs is 1. The first-order valence-corrected chi connectivity index (χ1v) is 8.66. The number of carbonyl (C=O) groups excluding carboxylic acids is 1. The van der Waals surface area contributed by atoms with E-state index in [1.165, 1.54) is 6.07 Å². The van der Waals surface area contributed by atoms with Crippen LogP contribution < -0.4 is 10.9 Å². The zero-order chi connectivity index (χ0) is 18.8. The van der Waals surface area contributed by atoms with Crippen LogP contribution >= 0.6 is 11.6 Å². The monoisotopic (exact) mass is 378 g/mol. The SMILES string of the molecule is O=C(Nc1cnn(Cc2ccc(Cl)cc2)c1)c1cc(=O)[nH]c2ccccc12. The second-order valence-electron chi connectivity index (χ2n) is 6.10. The molecule has 2 heterocycles. The van der Waals surface area contributed by atoms with Crippen molar-refractivity contribution >= 4 is 34.1 Å². The summed E-state index contributed by atoms with van der Waals surface area (Å²) in [6, 6.07) is 16.0. The standard InChI is InChI=1S/C20H15ClN4O2/c21-14-7-5-13(6-8-14)11-25-12-15(10-22-25)23-20(27)17-9-19(26)24-18-4-2-1-3-16(17)18/h1-10,12H,11H2,(H,23,27)(H,24,26). The molecule has 6 nitrogen and oxygen atoms in total. The molecular formula is C20H15ClN4O2. The minimum Gasteiger partial charge on any atom is -0.322 e. The minimum atomic E-state index is -0.358. The van der Waals surface area contributed by atoms with Gasteiger partial charge in [-0.2, -0.15) is 5.10 Å². The van der Waals surface area contributed by atoms with Crippen molar-refractivity contribution in [3.8, 4) is 0 Å². The normalized spacial score (nSPS) is 10.9. The van der Waals surface area contributed by atoms with Crippen LogP contribution in [0, 0.1) is 0 Å². The van der Waals surface area contributed by atoms with Crippen molar-refractivity contribution < 1.29 is 4.79 Å².